The van der Waals surface area contributed by atoms with Gasteiger partial charge in [-0.2, -0.15) is 0 Å². The number of nitrogens with one attached hydrogen (secondary N) is 3. The van der Waals surface area contributed by atoms with Crippen molar-refractivity contribution in [1.29, 1.82) is 0 Å². The van der Waals surface area contributed by atoms with E-state index in [2.05, 4.69) is 16.0 Å². The fourth-order valence-electron chi connectivity index (χ4n) is 7.11. The molecule has 0 radical (unpaired) electrons. The van der Waals surface area contributed by atoms with E-state index < -0.39 is 39.7 Å². The molecule has 1 fully saturated rings. The number of rotatable bonds is 5. The van der Waals surface area contributed by atoms with Crippen LogP contribution in [0.1, 0.15) is 27.0 Å². The first kappa shape index (κ1) is 24.9. The summed E-state index contributed by atoms with van der Waals surface area (Å²) in [4.78, 5) is 54.8. The van der Waals surface area contributed by atoms with Crippen molar-refractivity contribution in [1.82, 2.24) is 5.32 Å². The molecule has 9 heteroatoms. The molecule has 0 saturated carbocycles. The molecule has 0 bridgehead atoms. The molecule has 2 spiro atoms. The van der Waals surface area contributed by atoms with Crippen molar-refractivity contribution in [3.05, 3.63) is 135 Å². The molecule has 202 valence electrons. The van der Waals surface area contributed by atoms with Crippen LogP contribution in [-0.4, -0.2) is 28.6 Å². The van der Waals surface area contributed by atoms with Gasteiger partial charge in [0.15, 0.2) is 5.78 Å². The summed E-state index contributed by atoms with van der Waals surface area (Å²) in [5, 5.41) is 21.2. The number of Topliss-reactive ketones (excluding diaryl/α,β-unsaturated/α-hetero) is 1. The molecule has 7 rings (SSSR count). The minimum absolute atomic E-state index is 0.222. The SMILES string of the molecule is O=C(c1ccccc1)[C@H]1[C@H](Cc2ccccc2)N[C@@]2(C(=O)Nc3ccc([N+](=O)[O-])cc32)[C@@]12C(=O)Nc1ccccc12. The van der Waals surface area contributed by atoms with Crippen LogP contribution < -0.4 is 16.0 Å². The second-order valence-electron chi connectivity index (χ2n) is 10.6. The summed E-state index contributed by atoms with van der Waals surface area (Å²) in [6.07, 6.45) is 0.334. The number of nitro benzene ring substituents is 1. The minimum Gasteiger partial charge on any atom is -0.325 e. The number of para-hydroxylation sites is 1. The second kappa shape index (κ2) is 8.94. The van der Waals surface area contributed by atoms with Crippen molar-refractivity contribution in [3.8, 4) is 0 Å². The summed E-state index contributed by atoms with van der Waals surface area (Å²) in [5.74, 6) is -2.38. The Hall–Kier alpha value is -5.15. The number of hydrogen-bond acceptors (Lipinski definition) is 6. The lowest BCUT2D eigenvalue weighted by Gasteiger charge is -2.40. The van der Waals surface area contributed by atoms with Gasteiger partial charge in [-0.25, -0.2) is 0 Å². The Bertz CT molecular complexity index is 1760. The molecule has 0 aliphatic carbocycles. The lowest BCUT2D eigenvalue weighted by molar-refractivity contribution is -0.384. The molecule has 0 unspecified atom stereocenters. The first-order chi connectivity index (χ1) is 19.9. The number of ketones is 1. The maximum Gasteiger partial charge on any atom is 0.269 e. The van der Waals surface area contributed by atoms with Crippen LogP contribution >= 0.6 is 0 Å². The number of fused-ring (bicyclic) bond motifs is 5. The number of anilines is 2. The maximum absolute atomic E-state index is 14.6. The summed E-state index contributed by atoms with van der Waals surface area (Å²) in [7, 11) is 0. The monoisotopic (exact) mass is 544 g/mol. The molecule has 3 aliphatic heterocycles. The van der Waals surface area contributed by atoms with Crippen molar-refractivity contribution in [3.63, 3.8) is 0 Å². The van der Waals surface area contributed by atoms with E-state index in [0.29, 0.717) is 28.9 Å². The van der Waals surface area contributed by atoms with Gasteiger partial charge in [-0.3, -0.25) is 29.8 Å². The zero-order valence-corrected chi connectivity index (χ0v) is 21.7. The predicted octanol–water partition coefficient (Wildman–Crippen LogP) is 4.35. The molecular formula is C32H24N4O5. The first-order valence-electron chi connectivity index (χ1n) is 13.3. The summed E-state index contributed by atoms with van der Waals surface area (Å²) in [6.45, 7) is 0. The van der Waals surface area contributed by atoms with Crippen LogP contribution in [0.4, 0.5) is 17.1 Å². The largest absolute Gasteiger partial charge is 0.325 e. The molecule has 3 N–H and O–H groups in total. The Kier molecular flexibility index (Phi) is 5.42. The Labute approximate surface area is 234 Å². The van der Waals surface area contributed by atoms with Gasteiger partial charge in [0.2, 0.25) is 5.91 Å². The van der Waals surface area contributed by atoms with Crippen LogP contribution in [0.15, 0.2) is 103 Å². The number of nitro groups is 1. The second-order valence-corrected chi connectivity index (χ2v) is 10.6. The number of carbonyl (C=O) groups is 3. The van der Waals surface area contributed by atoms with Crippen molar-refractivity contribution >= 4 is 34.7 Å². The summed E-state index contributed by atoms with van der Waals surface area (Å²) in [6, 6.07) is 28.8. The van der Waals surface area contributed by atoms with Gasteiger partial charge in [-0.1, -0.05) is 78.9 Å². The van der Waals surface area contributed by atoms with E-state index in [9.17, 15) is 24.5 Å². The van der Waals surface area contributed by atoms with E-state index in [1.807, 2.05) is 30.3 Å². The number of non-ortho nitro benzene ring substituents is 1. The van der Waals surface area contributed by atoms with Gasteiger partial charge >= 0.3 is 0 Å². The summed E-state index contributed by atoms with van der Waals surface area (Å²) < 4.78 is 0. The van der Waals surface area contributed by atoms with Crippen LogP contribution in [0.3, 0.4) is 0 Å². The topological polar surface area (TPSA) is 130 Å². The smallest absolute Gasteiger partial charge is 0.269 e. The molecule has 0 aromatic heterocycles. The molecule has 2 amide bonds. The van der Waals surface area contributed by atoms with E-state index in [4.69, 9.17) is 0 Å². The highest BCUT2D eigenvalue weighted by atomic mass is 16.6. The third-order valence-electron chi connectivity index (χ3n) is 8.67. The van der Waals surface area contributed by atoms with Crippen LogP contribution in [-0.2, 0) is 27.0 Å². The average molecular weight is 545 g/mol. The third-order valence-corrected chi connectivity index (χ3v) is 8.67. The Morgan fingerprint density at radius 2 is 1.41 bits per heavy atom. The van der Waals surface area contributed by atoms with Gasteiger partial charge < -0.3 is 10.6 Å². The average Bonchev–Trinajstić information content (AvgIpc) is 3.57. The van der Waals surface area contributed by atoms with Gasteiger partial charge in [0.1, 0.15) is 11.0 Å². The number of hydrogen-bond donors (Lipinski definition) is 3. The van der Waals surface area contributed by atoms with E-state index in [1.165, 1.54) is 18.2 Å². The molecule has 4 aromatic carbocycles. The van der Waals surface area contributed by atoms with Crippen LogP contribution in [0, 0.1) is 16.0 Å². The summed E-state index contributed by atoms with van der Waals surface area (Å²) in [5.41, 5.74) is -0.841. The van der Waals surface area contributed by atoms with Crippen molar-refractivity contribution in [2.45, 2.75) is 23.4 Å². The summed E-state index contributed by atoms with van der Waals surface area (Å²) >= 11 is 0. The third kappa shape index (κ3) is 3.29. The van der Waals surface area contributed by atoms with E-state index >= 15 is 0 Å². The molecule has 3 aliphatic rings. The van der Waals surface area contributed by atoms with Crippen LogP contribution in [0.2, 0.25) is 0 Å². The molecule has 9 nitrogen and oxygen atoms in total. The number of nitrogens with zero attached hydrogens (tertiary/aromatic N) is 1. The van der Waals surface area contributed by atoms with Crippen LogP contribution in [0.25, 0.3) is 0 Å². The van der Waals surface area contributed by atoms with Gasteiger partial charge in [0.25, 0.3) is 11.6 Å². The Balaban J connectivity index is 1.56. The molecule has 4 aromatic rings. The van der Waals surface area contributed by atoms with Crippen molar-refractivity contribution < 1.29 is 19.3 Å². The normalized spacial score (nSPS) is 25.6. The van der Waals surface area contributed by atoms with E-state index in [1.54, 1.807) is 54.6 Å². The van der Waals surface area contributed by atoms with Gasteiger partial charge in [-0.15, -0.1) is 0 Å². The number of amides is 2. The molecule has 1 saturated heterocycles. The zero-order chi connectivity index (χ0) is 28.4. The first-order valence-corrected chi connectivity index (χ1v) is 13.3. The van der Waals surface area contributed by atoms with Gasteiger partial charge in [-0.05, 0) is 29.7 Å². The molecule has 4 atom stereocenters. The highest BCUT2D eigenvalue weighted by molar-refractivity contribution is 6.21. The fraction of sp³-hybridized carbons (Fsp3) is 0.156. The number of benzene rings is 4. The van der Waals surface area contributed by atoms with Crippen molar-refractivity contribution in [2.24, 2.45) is 5.92 Å². The predicted molar refractivity (Wildman–Crippen MR) is 151 cm³/mol. The van der Waals surface area contributed by atoms with Gasteiger partial charge in [0.05, 0.1) is 10.8 Å². The van der Waals surface area contributed by atoms with E-state index in [-0.39, 0.29) is 17.0 Å². The molecular weight excluding hydrogens is 520 g/mol. The lowest BCUT2D eigenvalue weighted by Crippen LogP contribution is -2.61. The van der Waals surface area contributed by atoms with Crippen molar-refractivity contribution in [2.75, 3.05) is 10.6 Å². The molecule has 3 heterocycles. The van der Waals surface area contributed by atoms with E-state index in [0.717, 1.165) is 5.56 Å². The standard InChI is InChI=1S/C32H24N4O5/c37-28(20-11-5-2-6-12-20)27-26(17-19-9-3-1-4-10-19)35-32(31(27)22-13-7-8-14-24(22)33-29(31)38)23-18-21(36(40)41)15-16-25(23)34-30(32)39/h1-16,18,26-27,35H,17H2,(H,33,38)(H,34,39)/t26-,27+,31+,32-/m0/s1. The molecule has 41 heavy (non-hydrogen) atoms. The Morgan fingerprint density at radius 3 is 2.15 bits per heavy atom. The lowest BCUT2D eigenvalue weighted by atomic mass is 9.57. The minimum atomic E-state index is -1.81. The quantitative estimate of drug-likeness (QED) is 0.195. The number of carbonyl (C=O) groups excluding carboxylic acids is 3. The maximum atomic E-state index is 14.6. The van der Waals surface area contributed by atoms with Gasteiger partial charge in [0, 0.05) is 40.7 Å². The zero-order valence-electron chi connectivity index (χ0n) is 21.7. The van der Waals surface area contributed by atoms with Crippen LogP contribution in [0.5, 0.6) is 0 Å². The highest BCUT2D eigenvalue weighted by Crippen LogP contribution is 2.62. The fourth-order valence-corrected chi connectivity index (χ4v) is 7.11. The Morgan fingerprint density at radius 1 is 0.780 bits per heavy atom. The highest BCUT2D eigenvalue weighted by Gasteiger charge is 2.77.